The van der Waals surface area contributed by atoms with Gasteiger partial charge >= 0.3 is 5.97 Å². The van der Waals surface area contributed by atoms with Crippen molar-refractivity contribution in [1.29, 1.82) is 0 Å². The molecule has 4 aromatic rings. The Morgan fingerprint density at radius 2 is 1.82 bits per heavy atom. The first-order chi connectivity index (χ1) is 16.0. The lowest BCUT2D eigenvalue weighted by atomic mass is 10.1. The van der Waals surface area contributed by atoms with Gasteiger partial charge in [0.2, 0.25) is 0 Å². The highest BCUT2D eigenvalue weighted by Crippen LogP contribution is 2.30. The average Bonchev–Trinajstić information content (AvgIpc) is 3.17. The van der Waals surface area contributed by atoms with Crippen molar-refractivity contribution < 1.29 is 9.53 Å². The Labute approximate surface area is 197 Å². The summed E-state index contributed by atoms with van der Waals surface area (Å²) in [6.07, 6.45) is 1.50. The predicted molar refractivity (Wildman–Crippen MR) is 128 cm³/mol. The number of esters is 1. The molecular formula is C25H24ClN5O2. The number of para-hydroxylation sites is 1. The van der Waals surface area contributed by atoms with Gasteiger partial charge in [-0.25, -0.2) is 14.5 Å². The Kier molecular flexibility index (Phi) is 6.70. The fourth-order valence-corrected chi connectivity index (χ4v) is 3.65. The smallest absolute Gasteiger partial charge is 0.343 e. The van der Waals surface area contributed by atoms with E-state index in [2.05, 4.69) is 10.1 Å². The quantitative estimate of drug-likeness (QED) is 0.341. The average molecular weight is 462 g/mol. The molecule has 8 heteroatoms. The molecule has 0 fully saturated rings. The van der Waals surface area contributed by atoms with E-state index in [-0.39, 0.29) is 12.2 Å². The SMILES string of the molecule is CCOC(=O)c1cnc(-n2nc(C)cc2C)nc1N(Cc1ccc(Cl)cc1)c1ccccc1. The molecule has 0 atom stereocenters. The highest BCUT2D eigenvalue weighted by Gasteiger charge is 2.23. The number of carbonyl (C=O) groups excluding carboxylic acids is 1. The molecule has 0 N–H and O–H groups in total. The van der Waals surface area contributed by atoms with E-state index in [1.807, 2.05) is 79.4 Å². The van der Waals surface area contributed by atoms with Crippen LogP contribution in [0.2, 0.25) is 5.02 Å². The van der Waals surface area contributed by atoms with Crippen molar-refractivity contribution in [2.24, 2.45) is 0 Å². The lowest BCUT2D eigenvalue weighted by molar-refractivity contribution is 0.0526. The van der Waals surface area contributed by atoms with Gasteiger partial charge in [-0.3, -0.25) is 0 Å². The largest absolute Gasteiger partial charge is 0.462 e. The normalized spacial score (nSPS) is 10.8. The number of aromatic nitrogens is 4. The molecule has 4 rings (SSSR count). The first-order valence-electron chi connectivity index (χ1n) is 10.6. The summed E-state index contributed by atoms with van der Waals surface area (Å²) in [5.74, 6) is 0.331. The molecule has 0 spiro atoms. The molecule has 0 saturated heterocycles. The standard InChI is InChI=1S/C25H24ClN5O2/c1-4-33-24(32)22-15-27-25(31-18(3)14-17(2)29-31)28-23(22)30(21-8-6-5-7-9-21)16-19-10-12-20(26)13-11-19/h5-15H,4,16H2,1-3H3. The minimum absolute atomic E-state index is 0.250. The molecular weight excluding hydrogens is 438 g/mol. The number of nitrogens with zero attached hydrogens (tertiary/aromatic N) is 5. The van der Waals surface area contributed by atoms with Gasteiger partial charge in [-0.1, -0.05) is 41.9 Å². The zero-order valence-electron chi connectivity index (χ0n) is 18.7. The summed E-state index contributed by atoms with van der Waals surface area (Å²) >= 11 is 6.08. The van der Waals surface area contributed by atoms with Crippen LogP contribution in [0.25, 0.3) is 5.95 Å². The summed E-state index contributed by atoms with van der Waals surface area (Å²) in [5, 5.41) is 5.16. The second-order valence-electron chi connectivity index (χ2n) is 7.51. The molecule has 168 valence electrons. The maximum atomic E-state index is 12.8. The number of anilines is 2. The molecule has 0 aliphatic rings. The molecule has 0 aliphatic carbocycles. The molecule has 2 aromatic carbocycles. The Hall–Kier alpha value is -3.71. The molecule has 33 heavy (non-hydrogen) atoms. The van der Waals surface area contributed by atoms with Gasteiger partial charge in [0.25, 0.3) is 5.95 Å². The van der Waals surface area contributed by atoms with Gasteiger partial charge in [-0.15, -0.1) is 0 Å². The van der Waals surface area contributed by atoms with Crippen molar-refractivity contribution in [2.75, 3.05) is 11.5 Å². The Morgan fingerprint density at radius 3 is 2.45 bits per heavy atom. The van der Waals surface area contributed by atoms with Gasteiger partial charge in [0.1, 0.15) is 5.56 Å². The highest BCUT2D eigenvalue weighted by molar-refractivity contribution is 6.30. The Balaban J connectivity index is 1.88. The van der Waals surface area contributed by atoms with Crippen molar-refractivity contribution >= 4 is 29.1 Å². The molecule has 0 amide bonds. The van der Waals surface area contributed by atoms with Crippen LogP contribution in [0.5, 0.6) is 0 Å². The van der Waals surface area contributed by atoms with Crippen LogP contribution in [0, 0.1) is 13.8 Å². The van der Waals surface area contributed by atoms with Crippen molar-refractivity contribution in [3.05, 3.63) is 94.4 Å². The first-order valence-corrected chi connectivity index (χ1v) is 11.0. The molecule has 7 nitrogen and oxygen atoms in total. The van der Waals surface area contributed by atoms with Crippen LogP contribution < -0.4 is 4.90 Å². The van der Waals surface area contributed by atoms with Crippen molar-refractivity contribution in [3.8, 4) is 5.95 Å². The molecule has 0 bridgehead atoms. The molecule has 0 unspecified atom stereocenters. The van der Waals surface area contributed by atoms with E-state index < -0.39 is 5.97 Å². The predicted octanol–water partition coefficient (Wildman–Crippen LogP) is 5.45. The van der Waals surface area contributed by atoms with Crippen LogP contribution in [0.1, 0.15) is 34.2 Å². The third-order valence-corrected chi connectivity index (χ3v) is 5.28. The van der Waals surface area contributed by atoms with Crippen molar-refractivity contribution in [2.45, 2.75) is 27.3 Å². The monoisotopic (exact) mass is 461 g/mol. The highest BCUT2D eigenvalue weighted by atomic mass is 35.5. The van der Waals surface area contributed by atoms with E-state index in [9.17, 15) is 4.79 Å². The lowest BCUT2D eigenvalue weighted by Crippen LogP contribution is -2.23. The summed E-state index contributed by atoms with van der Waals surface area (Å²) in [4.78, 5) is 24.0. The summed E-state index contributed by atoms with van der Waals surface area (Å²) in [5.41, 5.74) is 3.90. The second kappa shape index (κ2) is 9.83. The topological polar surface area (TPSA) is 73.1 Å². The molecule has 2 heterocycles. The fourth-order valence-electron chi connectivity index (χ4n) is 3.52. The number of halogens is 1. The van der Waals surface area contributed by atoms with Gasteiger partial charge in [0, 0.05) is 29.1 Å². The van der Waals surface area contributed by atoms with Gasteiger partial charge in [0.05, 0.1) is 12.3 Å². The van der Waals surface area contributed by atoms with E-state index in [1.165, 1.54) is 6.20 Å². The lowest BCUT2D eigenvalue weighted by Gasteiger charge is -2.26. The number of benzene rings is 2. The number of aryl methyl sites for hydroxylation is 2. The maximum Gasteiger partial charge on any atom is 0.343 e. The van der Waals surface area contributed by atoms with Crippen LogP contribution in [-0.2, 0) is 11.3 Å². The van der Waals surface area contributed by atoms with E-state index in [0.717, 1.165) is 22.6 Å². The first kappa shape index (κ1) is 22.5. The molecule has 0 aliphatic heterocycles. The van der Waals surface area contributed by atoms with Crippen LogP contribution in [0.3, 0.4) is 0 Å². The third kappa shape index (κ3) is 5.04. The number of carbonyl (C=O) groups is 1. The van der Waals surface area contributed by atoms with Gasteiger partial charge in [-0.2, -0.15) is 10.1 Å². The van der Waals surface area contributed by atoms with E-state index in [0.29, 0.717) is 23.3 Å². The van der Waals surface area contributed by atoms with Gasteiger partial charge in [-0.05, 0) is 56.7 Å². The number of rotatable bonds is 7. The summed E-state index contributed by atoms with van der Waals surface area (Å²) < 4.78 is 6.97. The minimum atomic E-state index is -0.482. The van der Waals surface area contributed by atoms with Crippen LogP contribution >= 0.6 is 11.6 Å². The summed E-state index contributed by atoms with van der Waals surface area (Å²) in [7, 11) is 0. The van der Waals surface area contributed by atoms with Gasteiger partial charge < -0.3 is 9.64 Å². The maximum absolute atomic E-state index is 12.8. The van der Waals surface area contributed by atoms with E-state index in [4.69, 9.17) is 21.3 Å². The fraction of sp³-hybridized carbons (Fsp3) is 0.200. The van der Waals surface area contributed by atoms with Crippen LogP contribution in [0.15, 0.2) is 66.9 Å². The van der Waals surface area contributed by atoms with Crippen molar-refractivity contribution in [3.63, 3.8) is 0 Å². The summed E-state index contributed by atoms with van der Waals surface area (Å²) in [6, 6.07) is 19.3. The summed E-state index contributed by atoms with van der Waals surface area (Å²) in [6.45, 7) is 6.33. The molecule has 0 radical (unpaired) electrons. The minimum Gasteiger partial charge on any atom is -0.462 e. The van der Waals surface area contributed by atoms with Crippen LogP contribution in [-0.4, -0.2) is 32.3 Å². The molecule has 2 aromatic heterocycles. The number of hydrogen-bond acceptors (Lipinski definition) is 6. The van der Waals surface area contributed by atoms with E-state index >= 15 is 0 Å². The Morgan fingerprint density at radius 1 is 1.09 bits per heavy atom. The number of ether oxygens (including phenoxy) is 1. The zero-order chi connectivity index (χ0) is 23.4. The van der Waals surface area contributed by atoms with E-state index in [1.54, 1.807) is 11.6 Å². The molecule has 0 saturated carbocycles. The zero-order valence-corrected chi connectivity index (χ0v) is 19.5. The van der Waals surface area contributed by atoms with Crippen molar-refractivity contribution in [1.82, 2.24) is 19.7 Å². The third-order valence-electron chi connectivity index (χ3n) is 5.03. The Bertz CT molecular complexity index is 1260. The van der Waals surface area contributed by atoms with Crippen LogP contribution in [0.4, 0.5) is 11.5 Å². The second-order valence-corrected chi connectivity index (χ2v) is 7.95. The number of hydrogen-bond donors (Lipinski definition) is 0. The van der Waals surface area contributed by atoms with Gasteiger partial charge in [0.15, 0.2) is 5.82 Å².